The van der Waals surface area contributed by atoms with Gasteiger partial charge in [0.05, 0.1) is 11.1 Å². The standard InChI is InChI=1S/C21H21F2N3O4/c1-12-18(20(28)26-17-10-24-8-6-21(17,22)23)15-9-14(4-5-16(15)30-12)29-11-13-3-2-7-25-19(13)27/h2-5,7,9,17,24H,6,8,10-11H2,1H3,(H,25,27)(H,26,28). The number of carbonyl (C=O) groups excluding carboxylic acids is 1. The van der Waals surface area contributed by atoms with E-state index in [4.69, 9.17) is 9.15 Å². The largest absolute Gasteiger partial charge is 0.493 e. The minimum absolute atomic E-state index is 0.00344. The first-order chi connectivity index (χ1) is 14.3. The summed E-state index contributed by atoms with van der Waals surface area (Å²) in [7, 11) is 0. The molecule has 0 spiro atoms. The van der Waals surface area contributed by atoms with Gasteiger partial charge in [0.1, 0.15) is 29.7 Å². The lowest BCUT2D eigenvalue weighted by Crippen LogP contribution is -2.57. The van der Waals surface area contributed by atoms with Gasteiger partial charge in [-0.05, 0) is 37.3 Å². The number of piperidine rings is 1. The van der Waals surface area contributed by atoms with E-state index in [-0.39, 0.29) is 37.6 Å². The van der Waals surface area contributed by atoms with Gasteiger partial charge in [-0.25, -0.2) is 13.8 Å². The molecule has 0 aliphatic carbocycles. The summed E-state index contributed by atoms with van der Waals surface area (Å²) >= 11 is 0. The molecule has 2 aromatic heterocycles. The van der Waals surface area contributed by atoms with Crippen LogP contribution in [0.1, 0.15) is 28.1 Å². The summed E-state index contributed by atoms with van der Waals surface area (Å²) in [5.74, 6) is -2.96. The van der Waals surface area contributed by atoms with Gasteiger partial charge in [0, 0.05) is 31.1 Å². The van der Waals surface area contributed by atoms with Gasteiger partial charge >= 0.3 is 0 Å². The number of rotatable bonds is 5. The van der Waals surface area contributed by atoms with Gasteiger partial charge in [0.15, 0.2) is 0 Å². The number of benzene rings is 1. The van der Waals surface area contributed by atoms with Crippen LogP contribution in [0.2, 0.25) is 0 Å². The van der Waals surface area contributed by atoms with E-state index in [2.05, 4.69) is 15.6 Å². The Labute approximate surface area is 171 Å². The van der Waals surface area contributed by atoms with Crippen LogP contribution in [0.25, 0.3) is 11.0 Å². The van der Waals surface area contributed by atoms with E-state index in [0.29, 0.717) is 28.0 Å². The summed E-state index contributed by atoms with van der Waals surface area (Å²) in [6, 6.07) is 7.00. The Balaban J connectivity index is 1.57. The van der Waals surface area contributed by atoms with Crippen LogP contribution in [0.15, 0.2) is 40.9 Å². The summed E-state index contributed by atoms with van der Waals surface area (Å²) in [5, 5.41) is 15.5. The van der Waals surface area contributed by atoms with E-state index in [9.17, 15) is 18.7 Å². The van der Waals surface area contributed by atoms with Crippen molar-refractivity contribution in [1.29, 1.82) is 0 Å². The minimum atomic E-state index is -2.98. The first-order valence-corrected chi connectivity index (χ1v) is 9.53. The number of halogens is 2. The molecule has 1 aliphatic rings. The van der Waals surface area contributed by atoms with E-state index < -0.39 is 17.9 Å². The van der Waals surface area contributed by atoms with Crippen LogP contribution in [0.5, 0.6) is 11.6 Å². The van der Waals surface area contributed by atoms with Gasteiger partial charge in [-0.15, -0.1) is 0 Å². The van der Waals surface area contributed by atoms with Gasteiger partial charge in [-0.1, -0.05) is 0 Å². The number of ether oxygens (including phenoxy) is 1. The molecule has 1 aromatic carbocycles. The molecule has 1 unspecified atom stereocenters. The van der Waals surface area contributed by atoms with Crippen LogP contribution in [0, 0.1) is 6.92 Å². The lowest BCUT2D eigenvalue weighted by molar-refractivity contribution is -0.0542. The maximum absolute atomic E-state index is 14.1. The number of alkyl halides is 2. The number of amides is 1. The lowest BCUT2D eigenvalue weighted by Gasteiger charge is -2.32. The predicted molar refractivity (Wildman–Crippen MR) is 105 cm³/mol. The smallest absolute Gasteiger partial charge is 0.270 e. The summed E-state index contributed by atoms with van der Waals surface area (Å²) in [5.41, 5.74) is 1.15. The van der Waals surface area contributed by atoms with Crippen molar-refractivity contribution in [2.24, 2.45) is 0 Å². The number of hydrogen-bond donors (Lipinski definition) is 3. The topological polar surface area (TPSA) is 96.6 Å². The number of pyridine rings is 1. The predicted octanol–water partition coefficient (Wildman–Crippen LogP) is 3.15. The van der Waals surface area contributed by atoms with Gasteiger partial charge < -0.3 is 24.9 Å². The molecule has 1 amide bonds. The zero-order chi connectivity index (χ0) is 21.3. The minimum Gasteiger partial charge on any atom is -0.493 e. The van der Waals surface area contributed by atoms with Crippen molar-refractivity contribution < 1.29 is 27.8 Å². The third-order valence-corrected chi connectivity index (χ3v) is 5.12. The molecule has 30 heavy (non-hydrogen) atoms. The van der Waals surface area contributed by atoms with Crippen LogP contribution in [0.4, 0.5) is 8.78 Å². The van der Waals surface area contributed by atoms with E-state index in [1.54, 1.807) is 37.3 Å². The summed E-state index contributed by atoms with van der Waals surface area (Å²) in [6.07, 6.45) is 1.14. The highest BCUT2D eigenvalue weighted by molar-refractivity contribution is 6.07. The highest BCUT2D eigenvalue weighted by Gasteiger charge is 2.42. The third-order valence-electron chi connectivity index (χ3n) is 5.12. The average molecular weight is 417 g/mol. The van der Waals surface area contributed by atoms with Crippen molar-refractivity contribution in [3.63, 3.8) is 0 Å². The molecule has 1 aliphatic heterocycles. The zero-order valence-electron chi connectivity index (χ0n) is 16.2. The van der Waals surface area contributed by atoms with Crippen molar-refractivity contribution in [2.75, 3.05) is 13.1 Å². The number of nitrogens with zero attached hydrogens (tertiary/aromatic N) is 1. The maximum atomic E-state index is 14.1. The molecular formula is C21H21F2N3O4. The van der Waals surface area contributed by atoms with Crippen molar-refractivity contribution in [3.05, 3.63) is 53.4 Å². The molecule has 1 fully saturated rings. The molecule has 0 saturated carbocycles. The zero-order valence-corrected chi connectivity index (χ0v) is 16.2. The van der Waals surface area contributed by atoms with Gasteiger partial charge in [-0.2, -0.15) is 0 Å². The number of nitrogens with one attached hydrogen (secondary N) is 2. The number of hydrogen-bond acceptors (Lipinski definition) is 6. The monoisotopic (exact) mass is 417 g/mol. The number of carbonyl (C=O) groups is 1. The number of fused-ring (bicyclic) bond motifs is 1. The second kappa shape index (κ2) is 7.91. The Bertz CT molecular complexity index is 1080. The molecule has 3 heterocycles. The summed E-state index contributed by atoms with van der Waals surface area (Å²) in [4.78, 5) is 16.6. The molecule has 1 atom stereocenters. The lowest BCUT2D eigenvalue weighted by atomic mass is 10.0. The van der Waals surface area contributed by atoms with Crippen LogP contribution in [-0.4, -0.2) is 41.1 Å². The highest BCUT2D eigenvalue weighted by atomic mass is 19.3. The molecule has 0 bridgehead atoms. The second-order valence-electron chi connectivity index (χ2n) is 7.21. The Morgan fingerprint density at radius 3 is 3.03 bits per heavy atom. The molecular weight excluding hydrogens is 396 g/mol. The fraction of sp³-hybridized carbons (Fsp3) is 0.333. The van der Waals surface area contributed by atoms with Crippen LogP contribution >= 0.6 is 0 Å². The number of furan rings is 1. The maximum Gasteiger partial charge on any atom is 0.270 e. The number of aryl methyl sites for hydroxylation is 1. The molecule has 9 heteroatoms. The van der Waals surface area contributed by atoms with Crippen molar-refractivity contribution in [1.82, 2.24) is 15.6 Å². The normalized spacial score (nSPS) is 18.3. The average Bonchev–Trinajstić information content (AvgIpc) is 3.04. The first kappa shape index (κ1) is 20.1. The van der Waals surface area contributed by atoms with Crippen LogP contribution < -0.4 is 15.4 Å². The summed E-state index contributed by atoms with van der Waals surface area (Å²) in [6.45, 7) is 1.89. The molecule has 158 valence electrons. The molecule has 4 rings (SSSR count). The van der Waals surface area contributed by atoms with Crippen molar-refractivity contribution in [2.45, 2.75) is 31.9 Å². The fourth-order valence-corrected chi connectivity index (χ4v) is 3.49. The number of aromatic nitrogens is 1. The van der Waals surface area contributed by atoms with Gasteiger partial charge in [-0.3, -0.25) is 4.79 Å². The Hall–Kier alpha value is -3.20. The van der Waals surface area contributed by atoms with Crippen LogP contribution in [0.3, 0.4) is 0 Å². The van der Waals surface area contributed by atoms with E-state index in [1.165, 1.54) is 6.20 Å². The second-order valence-corrected chi connectivity index (χ2v) is 7.21. The molecule has 3 aromatic rings. The van der Waals surface area contributed by atoms with Crippen molar-refractivity contribution in [3.8, 4) is 11.6 Å². The SMILES string of the molecule is Cc1oc2ccc(OCc3cccnc3O)cc2c1C(=O)NC1CNCCC1(F)F. The van der Waals surface area contributed by atoms with Crippen molar-refractivity contribution >= 4 is 16.9 Å². The summed E-state index contributed by atoms with van der Waals surface area (Å²) < 4.78 is 39.6. The van der Waals surface area contributed by atoms with Crippen LogP contribution in [-0.2, 0) is 6.61 Å². The Morgan fingerprint density at radius 1 is 1.43 bits per heavy atom. The molecule has 0 radical (unpaired) electrons. The first-order valence-electron chi connectivity index (χ1n) is 9.53. The highest BCUT2D eigenvalue weighted by Crippen LogP contribution is 2.31. The quantitative estimate of drug-likeness (QED) is 0.590. The van der Waals surface area contributed by atoms with E-state index in [1.807, 2.05) is 0 Å². The third kappa shape index (κ3) is 3.93. The molecule has 3 N–H and O–H groups in total. The van der Waals surface area contributed by atoms with Gasteiger partial charge in [0.2, 0.25) is 5.88 Å². The Morgan fingerprint density at radius 2 is 2.27 bits per heavy atom. The fourth-order valence-electron chi connectivity index (χ4n) is 3.49. The van der Waals surface area contributed by atoms with Gasteiger partial charge in [0.25, 0.3) is 11.8 Å². The number of aromatic hydroxyl groups is 1. The van der Waals surface area contributed by atoms with E-state index >= 15 is 0 Å². The molecule has 7 nitrogen and oxygen atoms in total. The van der Waals surface area contributed by atoms with E-state index in [0.717, 1.165) is 0 Å². The Kier molecular flexibility index (Phi) is 5.29. The molecule has 1 saturated heterocycles.